The van der Waals surface area contributed by atoms with Crippen LogP contribution in [0.4, 0.5) is 5.69 Å². The van der Waals surface area contributed by atoms with Crippen molar-refractivity contribution < 1.29 is 4.79 Å². The van der Waals surface area contributed by atoms with Gasteiger partial charge in [-0.2, -0.15) is 5.26 Å². The van der Waals surface area contributed by atoms with Gasteiger partial charge in [0.2, 0.25) is 5.91 Å². The number of rotatable bonds is 3. The maximum atomic E-state index is 11.9. The molecule has 2 aromatic carbocycles. The van der Waals surface area contributed by atoms with Gasteiger partial charge in [-0.1, -0.05) is 35.3 Å². The van der Waals surface area contributed by atoms with Gasteiger partial charge in [0.15, 0.2) is 0 Å². The smallest absolute Gasteiger partial charge is 0.228 e. The zero-order chi connectivity index (χ0) is 14.5. The molecule has 1 N–H and O–H groups in total. The van der Waals surface area contributed by atoms with E-state index in [0.717, 1.165) is 5.56 Å². The van der Waals surface area contributed by atoms with Gasteiger partial charge < -0.3 is 5.32 Å². The Bertz CT molecular complexity index is 675. The number of anilines is 1. The largest absolute Gasteiger partial charge is 0.326 e. The highest BCUT2D eigenvalue weighted by Crippen LogP contribution is 2.20. The monoisotopic (exact) mass is 304 g/mol. The van der Waals surface area contributed by atoms with Crippen LogP contribution in [-0.2, 0) is 11.2 Å². The topological polar surface area (TPSA) is 52.9 Å². The number of nitriles is 1. The summed E-state index contributed by atoms with van der Waals surface area (Å²) in [6.07, 6.45) is 0.238. The van der Waals surface area contributed by atoms with E-state index in [0.29, 0.717) is 21.3 Å². The first kappa shape index (κ1) is 14.4. The van der Waals surface area contributed by atoms with Gasteiger partial charge >= 0.3 is 0 Å². The molecule has 0 aliphatic carbocycles. The summed E-state index contributed by atoms with van der Waals surface area (Å²) in [5.74, 6) is -0.168. The van der Waals surface area contributed by atoms with E-state index in [1.54, 1.807) is 42.5 Å². The second-order valence-electron chi connectivity index (χ2n) is 4.16. The SMILES string of the molecule is N#Cc1cc(NC(=O)Cc2ccc(Cl)cc2)ccc1Cl. The van der Waals surface area contributed by atoms with Gasteiger partial charge in [0.1, 0.15) is 6.07 Å². The number of halogens is 2. The first-order valence-electron chi connectivity index (χ1n) is 5.82. The molecule has 2 aromatic rings. The van der Waals surface area contributed by atoms with E-state index in [2.05, 4.69) is 5.32 Å². The Balaban J connectivity index is 2.05. The highest BCUT2D eigenvalue weighted by molar-refractivity contribution is 6.31. The van der Waals surface area contributed by atoms with Crippen LogP contribution in [0.15, 0.2) is 42.5 Å². The van der Waals surface area contributed by atoms with Gasteiger partial charge in [-0.15, -0.1) is 0 Å². The van der Waals surface area contributed by atoms with Crippen molar-refractivity contribution in [2.75, 3.05) is 5.32 Å². The molecule has 2 rings (SSSR count). The molecule has 5 heteroatoms. The lowest BCUT2D eigenvalue weighted by Crippen LogP contribution is -2.14. The van der Waals surface area contributed by atoms with Crippen molar-refractivity contribution in [1.82, 2.24) is 0 Å². The van der Waals surface area contributed by atoms with Crippen LogP contribution in [0.25, 0.3) is 0 Å². The van der Waals surface area contributed by atoms with Crippen LogP contribution in [0.3, 0.4) is 0 Å². The Morgan fingerprint density at radius 3 is 2.50 bits per heavy atom. The molecule has 0 spiro atoms. The van der Waals surface area contributed by atoms with Crippen molar-refractivity contribution >= 4 is 34.8 Å². The fourth-order valence-corrected chi connectivity index (χ4v) is 1.97. The number of benzene rings is 2. The van der Waals surface area contributed by atoms with Gasteiger partial charge in [-0.3, -0.25) is 4.79 Å². The third-order valence-corrected chi connectivity index (χ3v) is 3.23. The van der Waals surface area contributed by atoms with E-state index >= 15 is 0 Å². The van der Waals surface area contributed by atoms with Crippen molar-refractivity contribution in [3.63, 3.8) is 0 Å². The summed E-state index contributed by atoms with van der Waals surface area (Å²) in [5, 5.41) is 12.6. The first-order chi connectivity index (χ1) is 9.58. The van der Waals surface area contributed by atoms with Crippen molar-refractivity contribution in [2.45, 2.75) is 6.42 Å². The molecule has 0 aliphatic rings. The van der Waals surface area contributed by atoms with Crippen molar-refractivity contribution in [1.29, 1.82) is 5.26 Å². The van der Waals surface area contributed by atoms with E-state index in [9.17, 15) is 4.79 Å². The van der Waals surface area contributed by atoms with E-state index in [1.807, 2.05) is 6.07 Å². The Hall–Kier alpha value is -2.02. The van der Waals surface area contributed by atoms with Crippen LogP contribution < -0.4 is 5.32 Å². The molecule has 0 radical (unpaired) electrons. The highest BCUT2D eigenvalue weighted by atomic mass is 35.5. The zero-order valence-electron chi connectivity index (χ0n) is 10.4. The van der Waals surface area contributed by atoms with E-state index in [1.165, 1.54) is 0 Å². The highest BCUT2D eigenvalue weighted by Gasteiger charge is 2.06. The standard InChI is InChI=1S/C15H10Cl2N2O/c16-12-3-1-10(2-4-12)7-15(20)19-13-5-6-14(17)11(8-13)9-18/h1-6,8H,7H2,(H,19,20). The predicted molar refractivity (Wildman–Crippen MR) is 80.0 cm³/mol. The number of nitrogens with one attached hydrogen (secondary N) is 1. The van der Waals surface area contributed by atoms with Crippen LogP contribution in [0.2, 0.25) is 10.0 Å². The molecular weight excluding hydrogens is 295 g/mol. The third kappa shape index (κ3) is 3.74. The molecule has 0 aromatic heterocycles. The first-order valence-corrected chi connectivity index (χ1v) is 6.58. The summed E-state index contributed by atoms with van der Waals surface area (Å²) in [4.78, 5) is 11.9. The molecule has 100 valence electrons. The molecule has 20 heavy (non-hydrogen) atoms. The summed E-state index contributed by atoms with van der Waals surface area (Å²) >= 11 is 11.6. The summed E-state index contributed by atoms with van der Waals surface area (Å²) < 4.78 is 0. The normalized spacial score (nSPS) is 9.85. The average molecular weight is 305 g/mol. The lowest BCUT2D eigenvalue weighted by molar-refractivity contribution is -0.115. The van der Waals surface area contributed by atoms with Crippen molar-refractivity contribution in [3.8, 4) is 6.07 Å². The number of amides is 1. The Morgan fingerprint density at radius 2 is 1.85 bits per heavy atom. The molecule has 0 fully saturated rings. The Labute approximate surface area is 126 Å². The summed E-state index contributed by atoms with van der Waals surface area (Å²) in [5.41, 5.74) is 1.74. The van der Waals surface area contributed by atoms with Crippen LogP contribution >= 0.6 is 23.2 Å². The fourth-order valence-electron chi connectivity index (χ4n) is 1.68. The summed E-state index contributed by atoms with van der Waals surface area (Å²) in [7, 11) is 0. The quantitative estimate of drug-likeness (QED) is 0.930. The number of carbonyl (C=O) groups excluding carboxylic acids is 1. The molecular formula is C15H10Cl2N2O. The second-order valence-corrected chi connectivity index (χ2v) is 5.00. The molecule has 0 bridgehead atoms. The Kier molecular flexibility index (Phi) is 4.62. The van der Waals surface area contributed by atoms with Crippen LogP contribution in [0, 0.1) is 11.3 Å². The number of nitrogens with zero attached hydrogens (tertiary/aromatic N) is 1. The van der Waals surface area contributed by atoms with E-state index in [-0.39, 0.29) is 12.3 Å². The molecule has 0 atom stereocenters. The zero-order valence-corrected chi connectivity index (χ0v) is 11.9. The maximum Gasteiger partial charge on any atom is 0.228 e. The van der Waals surface area contributed by atoms with Gasteiger partial charge in [-0.05, 0) is 35.9 Å². The number of hydrogen-bond acceptors (Lipinski definition) is 2. The van der Waals surface area contributed by atoms with Crippen LogP contribution in [0.5, 0.6) is 0 Å². The molecule has 3 nitrogen and oxygen atoms in total. The minimum atomic E-state index is -0.168. The van der Waals surface area contributed by atoms with Crippen LogP contribution in [-0.4, -0.2) is 5.91 Å². The third-order valence-electron chi connectivity index (χ3n) is 2.65. The van der Waals surface area contributed by atoms with Crippen molar-refractivity contribution in [2.24, 2.45) is 0 Å². The lowest BCUT2D eigenvalue weighted by Gasteiger charge is -2.06. The predicted octanol–water partition coefficient (Wildman–Crippen LogP) is 4.05. The molecule has 1 amide bonds. The van der Waals surface area contributed by atoms with Gasteiger partial charge in [0.05, 0.1) is 17.0 Å². The minimum Gasteiger partial charge on any atom is -0.326 e. The second kappa shape index (κ2) is 6.42. The van der Waals surface area contributed by atoms with Crippen molar-refractivity contribution in [3.05, 3.63) is 63.6 Å². The molecule has 0 saturated heterocycles. The molecule has 0 unspecified atom stereocenters. The van der Waals surface area contributed by atoms with E-state index < -0.39 is 0 Å². The Morgan fingerprint density at radius 1 is 1.15 bits per heavy atom. The van der Waals surface area contributed by atoms with Gasteiger partial charge in [0.25, 0.3) is 0 Å². The molecule has 0 saturated carbocycles. The van der Waals surface area contributed by atoms with E-state index in [4.69, 9.17) is 28.5 Å². The van der Waals surface area contributed by atoms with Gasteiger partial charge in [0, 0.05) is 10.7 Å². The minimum absolute atomic E-state index is 0.168. The maximum absolute atomic E-state index is 11.9. The lowest BCUT2D eigenvalue weighted by atomic mass is 10.1. The summed E-state index contributed by atoms with van der Waals surface area (Å²) in [6, 6.07) is 13.8. The average Bonchev–Trinajstić information content (AvgIpc) is 2.43. The molecule has 0 heterocycles. The fraction of sp³-hybridized carbons (Fsp3) is 0.0667. The number of hydrogen-bond donors (Lipinski definition) is 1. The number of carbonyl (C=O) groups is 1. The van der Waals surface area contributed by atoms with Crippen LogP contribution in [0.1, 0.15) is 11.1 Å². The summed E-state index contributed by atoms with van der Waals surface area (Å²) in [6.45, 7) is 0. The molecule has 0 aliphatic heterocycles. The van der Waals surface area contributed by atoms with Gasteiger partial charge in [-0.25, -0.2) is 0 Å².